The number of phenols is 1. The maximum absolute atomic E-state index is 12.1. The Morgan fingerprint density at radius 2 is 2.00 bits per heavy atom. The highest BCUT2D eigenvalue weighted by Crippen LogP contribution is 2.33. The van der Waals surface area contributed by atoms with Crippen LogP contribution in [0.2, 0.25) is 0 Å². The molecule has 0 bridgehead atoms. The van der Waals surface area contributed by atoms with Crippen molar-refractivity contribution in [2.75, 3.05) is 6.54 Å². The molecule has 5 N–H and O–H groups in total. The molecule has 2 amide bonds. The first-order valence-electron chi connectivity index (χ1n) is 6.92. The zero-order valence-corrected chi connectivity index (χ0v) is 12.2. The lowest BCUT2D eigenvalue weighted by atomic mass is 9.78. The Kier molecular flexibility index (Phi) is 4.18. The van der Waals surface area contributed by atoms with Crippen LogP contribution < -0.4 is 16.4 Å². The van der Waals surface area contributed by atoms with Crippen molar-refractivity contribution in [3.05, 3.63) is 29.8 Å². The minimum atomic E-state index is -0.587. The molecule has 0 saturated carbocycles. The predicted octanol–water partition coefficient (Wildman–Crippen LogP) is -0.0972. The summed E-state index contributed by atoms with van der Waals surface area (Å²) in [5.74, 6) is -0.319. The van der Waals surface area contributed by atoms with E-state index >= 15 is 0 Å². The van der Waals surface area contributed by atoms with Crippen LogP contribution in [0.3, 0.4) is 0 Å². The molecule has 6 nitrogen and oxygen atoms in total. The van der Waals surface area contributed by atoms with Crippen molar-refractivity contribution in [1.82, 2.24) is 10.6 Å². The monoisotopic (exact) mass is 291 g/mol. The highest BCUT2D eigenvalue weighted by molar-refractivity contribution is 5.91. The summed E-state index contributed by atoms with van der Waals surface area (Å²) >= 11 is 0. The fourth-order valence-electron chi connectivity index (χ4n) is 2.63. The minimum Gasteiger partial charge on any atom is -0.508 e. The van der Waals surface area contributed by atoms with Gasteiger partial charge >= 0.3 is 0 Å². The van der Waals surface area contributed by atoms with Crippen LogP contribution in [0.4, 0.5) is 0 Å². The molecule has 1 aliphatic heterocycles. The summed E-state index contributed by atoms with van der Waals surface area (Å²) in [6.07, 6.45) is 0.633. The number of nitrogens with one attached hydrogen (secondary N) is 2. The fourth-order valence-corrected chi connectivity index (χ4v) is 2.63. The van der Waals surface area contributed by atoms with Crippen LogP contribution in [0.5, 0.6) is 5.75 Å². The third-order valence-corrected chi connectivity index (χ3v) is 4.09. The number of benzene rings is 1. The number of carbonyl (C=O) groups excluding carboxylic acids is 2. The van der Waals surface area contributed by atoms with Crippen molar-refractivity contribution in [3.8, 4) is 5.75 Å². The van der Waals surface area contributed by atoms with E-state index in [4.69, 9.17) is 5.73 Å². The van der Waals surface area contributed by atoms with Crippen LogP contribution in [-0.2, 0) is 16.0 Å². The second kappa shape index (κ2) is 5.73. The first-order chi connectivity index (χ1) is 9.84. The van der Waals surface area contributed by atoms with Crippen molar-refractivity contribution in [2.24, 2.45) is 11.1 Å². The van der Waals surface area contributed by atoms with E-state index in [1.807, 2.05) is 26.0 Å². The minimum absolute atomic E-state index is 0.0994. The summed E-state index contributed by atoms with van der Waals surface area (Å²) in [6, 6.07) is 6.19. The van der Waals surface area contributed by atoms with E-state index in [1.54, 1.807) is 12.1 Å². The molecule has 1 heterocycles. The number of aromatic hydroxyl groups is 1. The first kappa shape index (κ1) is 15.3. The quantitative estimate of drug-likeness (QED) is 0.622. The molecule has 2 atom stereocenters. The normalized spacial score (nSPS) is 23.7. The first-order valence-corrected chi connectivity index (χ1v) is 6.92. The van der Waals surface area contributed by atoms with Crippen LogP contribution in [-0.4, -0.2) is 35.5 Å². The van der Waals surface area contributed by atoms with Gasteiger partial charge in [-0.3, -0.25) is 9.59 Å². The molecule has 1 aliphatic rings. The Morgan fingerprint density at radius 1 is 1.38 bits per heavy atom. The Bertz CT molecular complexity index is 540. The zero-order chi connectivity index (χ0) is 15.6. The summed E-state index contributed by atoms with van der Waals surface area (Å²) in [5, 5.41) is 14.9. The third-order valence-electron chi connectivity index (χ3n) is 4.09. The number of amides is 2. The van der Waals surface area contributed by atoms with Crippen LogP contribution in [0.15, 0.2) is 24.3 Å². The van der Waals surface area contributed by atoms with Crippen molar-refractivity contribution < 1.29 is 14.7 Å². The van der Waals surface area contributed by atoms with E-state index in [0.29, 0.717) is 6.42 Å². The van der Waals surface area contributed by atoms with Gasteiger partial charge < -0.3 is 21.5 Å². The zero-order valence-electron chi connectivity index (χ0n) is 12.2. The molecule has 0 aliphatic carbocycles. The molecule has 6 heteroatoms. The number of nitrogens with two attached hydrogens (primary N) is 1. The number of hydrogen-bond acceptors (Lipinski definition) is 4. The number of rotatable bonds is 4. The average Bonchev–Trinajstić information content (AvgIpc) is 2.64. The molecule has 2 rings (SSSR count). The van der Waals surface area contributed by atoms with E-state index in [9.17, 15) is 14.7 Å². The van der Waals surface area contributed by atoms with Crippen molar-refractivity contribution in [1.29, 1.82) is 0 Å². The molecular formula is C15H21N3O3. The average molecular weight is 291 g/mol. The van der Waals surface area contributed by atoms with Gasteiger partial charge in [0.05, 0.1) is 6.54 Å². The molecule has 21 heavy (non-hydrogen) atoms. The maximum atomic E-state index is 12.1. The van der Waals surface area contributed by atoms with Gasteiger partial charge in [-0.15, -0.1) is 0 Å². The summed E-state index contributed by atoms with van der Waals surface area (Å²) in [7, 11) is 0. The molecule has 114 valence electrons. The number of hydrogen-bond donors (Lipinski definition) is 4. The van der Waals surface area contributed by atoms with Crippen molar-refractivity contribution in [3.63, 3.8) is 0 Å². The topological polar surface area (TPSA) is 104 Å². The molecule has 1 aromatic carbocycles. The van der Waals surface area contributed by atoms with E-state index in [2.05, 4.69) is 10.6 Å². The lowest BCUT2D eigenvalue weighted by Gasteiger charge is -2.30. The Labute approximate surface area is 123 Å². The SMILES string of the molecule is CC1(C)C(Cc2ccc(O)cc2)NC(=O)C1NC(=O)CN. The summed E-state index contributed by atoms with van der Waals surface area (Å²) < 4.78 is 0. The van der Waals surface area contributed by atoms with Gasteiger partial charge in [0.25, 0.3) is 0 Å². The van der Waals surface area contributed by atoms with Gasteiger partial charge in [0.2, 0.25) is 11.8 Å². The lowest BCUT2D eigenvalue weighted by Crippen LogP contribution is -2.49. The second-order valence-electron chi connectivity index (χ2n) is 5.96. The van der Waals surface area contributed by atoms with E-state index < -0.39 is 11.5 Å². The largest absolute Gasteiger partial charge is 0.508 e. The molecule has 0 spiro atoms. The maximum Gasteiger partial charge on any atom is 0.243 e. The standard InChI is InChI=1S/C15H21N3O3/c1-15(2)11(7-9-3-5-10(19)6-4-9)17-14(21)13(15)18-12(20)8-16/h3-6,11,13,19H,7-8,16H2,1-2H3,(H,17,21)(H,18,20). The van der Waals surface area contributed by atoms with Crippen LogP contribution >= 0.6 is 0 Å². The number of carbonyl (C=O) groups is 2. The van der Waals surface area contributed by atoms with Crippen molar-refractivity contribution in [2.45, 2.75) is 32.4 Å². The van der Waals surface area contributed by atoms with E-state index in [1.165, 1.54) is 0 Å². The molecule has 0 aromatic heterocycles. The van der Waals surface area contributed by atoms with Crippen LogP contribution in [0.1, 0.15) is 19.4 Å². The predicted molar refractivity (Wildman–Crippen MR) is 78.5 cm³/mol. The molecule has 1 aromatic rings. The summed E-state index contributed by atoms with van der Waals surface area (Å²) in [6.45, 7) is 3.75. The highest BCUT2D eigenvalue weighted by Gasteiger charge is 2.49. The molecule has 1 fully saturated rings. The molecule has 1 saturated heterocycles. The molecule has 2 unspecified atom stereocenters. The second-order valence-corrected chi connectivity index (χ2v) is 5.96. The summed E-state index contributed by atoms with van der Waals surface area (Å²) in [5.41, 5.74) is 5.87. The van der Waals surface area contributed by atoms with Gasteiger partial charge in [0.1, 0.15) is 11.8 Å². The van der Waals surface area contributed by atoms with Crippen LogP contribution in [0, 0.1) is 5.41 Å². The Morgan fingerprint density at radius 3 is 2.57 bits per heavy atom. The van der Waals surface area contributed by atoms with Gasteiger partial charge in [-0.1, -0.05) is 26.0 Å². The fraction of sp³-hybridized carbons (Fsp3) is 0.467. The van der Waals surface area contributed by atoms with Crippen molar-refractivity contribution >= 4 is 11.8 Å². The van der Waals surface area contributed by atoms with Gasteiger partial charge in [-0.05, 0) is 24.1 Å². The Hall–Kier alpha value is -2.08. The smallest absolute Gasteiger partial charge is 0.243 e. The Balaban J connectivity index is 2.13. The third kappa shape index (κ3) is 3.16. The van der Waals surface area contributed by atoms with E-state index in [-0.39, 0.29) is 30.2 Å². The van der Waals surface area contributed by atoms with Crippen LogP contribution in [0.25, 0.3) is 0 Å². The molecule has 0 radical (unpaired) electrons. The lowest BCUT2D eigenvalue weighted by molar-refractivity contribution is -0.127. The van der Waals surface area contributed by atoms with Gasteiger partial charge in [0.15, 0.2) is 0 Å². The van der Waals surface area contributed by atoms with E-state index in [0.717, 1.165) is 5.56 Å². The molecular weight excluding hydrogens is 270 g/mol. The highest BCUT2D eigenvalue weighted by atomic mass is 16.3. The van der Waals surface area contributed by atoms with Gasteiger partial charge in [0, 0.05) is 11.5 Å². The van der Waals surface area contributed by atoms with Gasteiger partial charge in [-0.25, -0.2) is 0 Å². The number of phenolic OH excluding ortho intramolecular Hbond substituents is 1. The van der Waals surface area contributed by atoms with Gasteiger partial charge in [-0.2, -0.15) is 0 Å². The summed E-state index contributed by atoms with van der Waals surface area (Å²) in [4.78, 5) is 23.5.